The Morgan fingerprint density at radius 1 is 1.47 bits per heavy atom. The predicted octanol–water partition coefficient (Wildman–Crippen LogP) is 0.324. The van der Waals surface area contributed by atoms with Gasteiger partial charge in [0.1, 0.15) is 6.04 Å². The van der Waals surface area contributed by atoms with Crippen LogP contribution in [0.15, 0.2) is 0 Å². The molecule has 0 aromatic heterocycles. The summed E-state index contributed by atoms with van der Waals surface area (Å²) in [5.41, 5.74) is 0. The van der Waals surface area contributed by atoms with Gasteiger partial charge < -0.3 is 15.2 Å². The molecule has 2 N–H and O–H groups in total. The van der Waals surface area contributed by atoms with Crippen LogP contribution >= 0.6 is 0 Å². The van der Waals surface area contributed by atoms with Crippen LogP contribution in [0.1, 0.15) is 26.2 Å². The van der Waals surface area contributed by atoms with Gasteiger partial charge in [-0.25, -0.2) is 0 Å². The van der Waals surface area contributed by atoms with Gasteiger partial charge in [-0.1, -0.05) is 6.92 Å². The highest BCUT2D eigenvalue weighted by Crippen LogP contribution is 2.22. The second kappa shape index (κ2) is 8.12. The van der Waals surface area contributed by atoms with E-state index in [-0.39, 0.29) is 12.5 Å². The predicted molar refractivity (Wildman–Crippen MR) is 70.9 cm³/mol. The van der Waals surface area contributed by atoms with Gasteiger partial charge in [0.2, 0.25) is 5.91 Å². The Bertz CT molecular complexity index is 309. The van der Waals surface area contributed by atoms with Crippen LogP contribution in [-0.4, -0.2) is 61.3 Å². The zero-order valence-electron chi connectivity index (χ0n) is 11.7. The SMILES string of the molecule is COCCCNC(=O)CN1CCC(C)CC1C(=O)O. The van der Waals surface area contributed by atoms with E-state index in [4.69, 9.17) is 4.74 Å². The minimum absolute atomic E-state index is 0.114. The highest BCUT2D eigenvalue weighted by Gasteiger charge is 2.32. The maximum atomic E-state index is 11.7. The smallest absolute Gasteiger partial charge is 0.320 e. The largest absolute Gasteiger partial charge is 0.480 e. The van der Waals surface area contributed by atoms with Crippen LogP contribution in [0.5, 0.6) is 0 Å². The molecular formula is C13H24N2O4. The van der Waals surface area contributed by atoms with Crippen LogP contribution in [0.2, 0.25) is 0 Å². The number of nitrogens with one attached hydrogen (secondary N) is 1. The lowest BCUT2D eigenvalue weighted by molar-refractivity contribution is -0.146. The molecule has 0 aromatic carbocycles. The number of nitrogens with zero attached hydrogens (tertiary/aromatic N) is 1. The number of likely N-dealkylation sites (tertiary alicyclic amines) is 1. The Morgan fingerprint density at radius 3 is 2.84 bits per heavy atom. The van der Waals surface area contributed by atoms with E-state index in [1.54, 1.807) is 12.0 Å². The van der Waals surface area contributed by atoms with E-state index in [9.17, 15) is 14.7 Å². The van der Waals surface area contributed by atoms with Gasteiger partial charge in [0.15, 0.2) is 0 Å². The molecule has 0 bridgehead atoms. The van der Waals surface area contributed by atoms with Crippen LogP contribution in [-0.2, 0) is 14.3 Å². The molecule has 6 nitrogen and oxygen atoms in total. The van der Waals surface area contributed by atoms with Gasteiger partial charge in [-0.05, 0) is 31.7 Å². The number of methoxy groups -OCH3 is 1. The van der Waals surface area contributed by atoms with Crippen molar-refractivity contribution < 1.29 is 19.4 Å². The van der Waals surface area contributed by atoms with Crippen molar-refractivity contribution in [3.05, 3.63) is 0 Å². The molecule has 1 amide bonds. The zero-order chi connectivity index (χ0) is 14.3. The fourth-order valence-corrected chi connectivity index (χ4v) is 2.32. The third-order valence-electron chi connectivity index (χ3n) is 3.45. The minimum atomic E-state index is -0.835. The molecule has 0 aliphatic carbocycles. The summed E-state index contributed by atoms with van der Waals surface area (Å²) in [5.74, 6) is -0.544. The Labute approximate surface area is 114 Å². The normalized spacial score (nSPS) is 24.1. The number of amides is 1. The lowest BCUT2D eigenvalue weighted by Crippen LogP contribution is -2.50. The molecule has 0 aromatic rings. The van der Waals surface area contributed by atoms with E-state index in [1.807, 2.05) is 0 Å². The number of carboxylic acids is 1. The highest BCUT2D eigenvalue weighted by molar-refractivity contribution is 5.80. The summed E-state index contributed by atoms with van der Waals surface area (Å²) < 4.78 is 4.89. The molecule has 0 saturated carbocycles. The molecule has 110 valence electrons. The number of carboxylic acid groups (broad SMARTS) is 1. The third kappa shape index (κ3) is 5.57. The van der Waals surface area contributed by atoms with Gasteiger partial charge in [0, 0.05) is 20.3 Å². The van der Waals surface area contributed by atoms with E-state index in [0.29, 0.717) is 32.0 Å². The molecule has 0 spiro atoms. The molecule has 1 fully saturated rings. The summed E-state index contributed by atoms with van der Waals surface area (Å²) >= 11 is 0. The molecule has 0 radical (unpaired) electrons. The van der Waals surface area contributed by atoms with Crippen molar-refractivity contribution in [2.75, 3.05) is 33.4 Å². The number of hydrogen-bond acceptors (Lipinski definition) is 4. The van der Waals surface area contributed by atoms with Crippen molar-refractivity contribution in [1.82, 2.24) is 10.2 Å². The zero-order valence-corrected chi connectivity index (χ0v) is 11.7. The Morgan fingerprint density at radius 2 is 2.21 bits per heavy atom. The van der Waals surface area contributed by atoms with Gasteiger partial charge in [-0.2, -0.15) is 0 Å². The number of piperidine rings is 1. The second-order valence-electron chi connectivity index (χ2n) is 5.15. The van der Waals surface area contributed by atoms with Gasteiger partial charge in [-0.15, -0.1) is 0 Å². The molecule has 1 heterocycles. The number of rotatable bonds is 7. The Hall–Kier alpha value is -1.14. The third-order valence-corrected chi connectivity index (χ3v) is 3.45. The monoisotopic (exact) mass is 272 g/mol. The molecule has 6 heteroatoms. The first kappa shape index (κ1) is 15.9. The first-order chi connectivity index (χ1) is 9.04. The average Bonchev–Trinajstić information content (AvgIpc) is 2.36. The van der Waals surface area contributed by atoms with Crippen LogP contribution in [0.3, 0.4) is 0 Å². The molecule has 1 aliphatic heterocycles. The maximum absolute atomic E-state index is 11.7. The number of hydrogen-bond donors (Lipinski definition) is 2. The Balaban J connectivity index is 2.36. The first-order valence-corrected chi connectivity index (χ1v) is 6.77. The molecule has 2 unspecified atom stereocenters. The summed E-state index contributed by atoms with van der Waals surface area (Å²) in [6.45, 7) is 4.06. The van der Waals surface area contributed by atoms with Crippen molar-refractivity contribution >= 4 is 11.9 Å². The first-order valence-electron chi connectivity index (χ1n) is 6.77. The van der Waals surface area contributed by atoms with Crippen LogP contribution < -0.4 is 5.32 Å². The molecule has 1 aliphatic rings. The second-order valence-corrected chi connectivity index (χ2v) is 5.15. The van der Waals surface area contributed by atoms with Crippen molar-refractivity contribution in [3.8, 4) is 0 Å². The summed E-state index contributed by atoms with van der Waals surface area (Å²) in [5, 5.41) is 12.0. The lowest BCUT2D eigenvalue weighted by Gasteiger charge is -2.35. The van der Waals surface area contributed by atoms with Gasteiger partial charge >= 0.3 is 5.97 Å². The van der Waals surface area contributed by atoms with Crippen LogP contribution in [0.4, 0.5) is 0 Å². The van der Waals surface area contributed by atoms with Crippen LogP contribution in [0, 0.1) is 5.92 Å². The summed E-state index contributed by atoms with van der Waals surface area (Å²) in [6, 6.07) is -0.534. The van der Waals surface area contributed by atoms with Gasteiger partial charge in [-0.3, -0.25) is 14.5 Å². The minimum Gasteiger partial charge on any atom is -0.480 e. The fourth-order valence-electron chi connectivity index (χ4n) is 2.32. The number of ether oxygens (including phenoxy) is 1. The lowest BCUT2D eigenvalue weighted by atomic mass is 9.92. The molecule has 2 atom stereocenters. The highest BCUT2D eigenvalue weighted by atomic mass is 16.5. The Kier molecular flexibility index (Phi) is 6.80. The van der Waals surface area contributed by atoms with Crippen molar-refractivity contribution in [2.45, 2.75) is 32.2 Å². The van der Waals surface area contributed by atoms with Crippen molar-refractivity contribution in [3.63, 3.8) is 0 Å². The van der Waals surface area contributed by atoms with Gasteiger partial charge in [0.25, 0.3) is 0 Å². The molecule has 19 heavy (non-hydrogen) atoms. The van der Waals surface area contributed by atoms with Crippen molar-refractivity contribution in [2.24, 2.45) is 5.92 Å². The number of carbonyl (C=O) groups excluding carboxylic acids is 1. The van der Waals surface area contributed by atoms with E-state index < -0.39 is 12.0 Å². The number of carbonyl (C=O) groups is 2. The van der Waals surface area contributed by atoms with E-state index in [2.05, 4.69) is 12.2 Å². The molecular weight excluding hydrogens is 248 g/mol. The van der Waals surface area contributed by atoms with E-state index >= 15 is 0 Å². The molecule has 1 saturated heterocycles. The topological polar surface area (TPSA) is 78.9 Å². The molecule has 1 rings (SSSR count). The standard InChI is InChI=1S/C13H24N2O4/c1-10-4-6-15(11(8-10)13(17)18)9-12(16)14-5-3-7-19-2/h10-11H,3-9H2,1-2H3,(H,14,16)(H,17,18). The summed E-state index contributed by atoms with van der Waals surface area (Å²) in [7, 11) is 1.62. The average molecular weight is 272 g/mol. The van der Waals surface area contributed by atoms with Crippen LogP contribution in [0.25, 0.3) is 0 Å². The van der Waals surface area contributed by atoms with E-state index in [1.165, 1.54) is 0 Å². The summed E-state index contributed by atoms with van der Waals surface area (Å²) in [4.78, 5) is 24.7. The van der Waals surface area contributed by atoms with Gasteiger partial charge in [0.05, 0.1) is 6.54 Å². The number of aliphatic carboxylic acids is 1. The summed E-state index contributed by atoms with van der Waals surface area (Å²) in [6.07, 6.45) is 2.33. The van der Waals surface area contributed by atoms with E-state index in [0.717, 1.165) is 12.8 Å². The fraction of sp³-hybridized carbons (Fsp3) is 0.846. The maximum Gasteiger partial charge on any atom is 0.320 e. The van der Waals surface area contributed by atoms with Crippen molar-refractivity contribution in [1.29, 1.82) is 0 Å². The quantitative estimate of drug-likeness (QED) is 0.653.